The Morgan fingerprint density at radius 2 is 1.93 bits per heavy atom. The van der Waals surface area contributed by atoms with Crippen LogP contribution in [0.2, 0.25) is 5.02 Å². The fourth-order valence-corrected chi connectivity index (χ4v) is 3.39. The van der Waals surface area contributed by atoms with Gasteiger partial charge >= 0.3 is 0 Å². The number of benzene rings is 2. The predicted octanol–water partition coefficient (Wildman–Crippen LogP) is 3.13. The van der Waals surface area contributed by atoms with Crippen molar-refractivity contribution in [3.8, 4) is 5.75 Å². The fourth-order valence-electron chi connectivity index (χ4n) is 3.26. The normalized spacial score (nSPS) is 15.7. The molecule has 158 valence electrons. The Morgan fingerprint density at radius 3 is 2.60 bits per heavy atom. The number of amides is 2. The van der Waals surface area contributed by atoms with E-state index in [1.165, 1.54) is 17.0 Å². The summed E-state index contributed by atoms with van der Waals surface area (Å²) in [4.78, 5) is 26.4. The van der Waals surface area contributed by atoms with Gasteiger partial charge in [-0.15, -0.1) is 0 Å². The molecule has 1 atom stereocenters. The molecule has 0 saturated carbocycles. The number of hydrogen-bond donors (Lipinski definition) is 0. The first-order chi connectivity index (χ1) is 14.4. The highest BCUT2D eigenvalue weighted by Crippen LogP contribution is 2.34. The van der Waals surface area contributed by atoms with Crippen molar-refractivity contribution in [1.82, 2.24) is 9.91 Å². The van der Waals surface area contributed by atoms with Gasteiger partial charge in [0.25, 0.3) is 5.91 Å². The quantitative estimate of drug-likeness (QED) is 0.678. The van der Waals surface area contributed by atoms with Crippen LogP contribution >= 0.6 is 11.6 Å². The second kappa shape index (κ2) is 9.73. The first-order valence-corrected chi connectivity index (χ1v) is 9.83. The monoisotopic (exact) mass is 429 g/mol. The molecule has 1 aliphatic heterocycles. The minimum Gasteiger partial charge on any atom is -0.497 e. The van der Waals surface area contributed by atoms with E-state index in [1.807, 2.05) is 36.4 Å². The van der Waals surface area contributed by atoms with E-state index >= 15 is 0 Å². The smallest absolute Gasteiger partial charge is 0.262 e. The van der Waals surface area contributed by atoms with Gasteiger partial charge < -0.3 is 14.4 Å². The Hall–Kier alpha value is -2.90. The van der Waals surface area contributed by atoms with E-state index in [1.54, 1.807) is 26.3 Å². The van der Waals surface area contributed by atoms with Crippen LogP contribution in [-0.2, 0) is 14.3 Å². The number of carbonyl (C=O) groups is 2. The molecule has 30 heavy (non-hydrogen) atoms. The highest BCUT2D eigenvalue weighted by Gasteiger charge is 2.34. The van der Waals surface area contributed by atoms with E-state index in [9.17, 15) is 9.59 Å². The van der Waals surface area contributed by atoms with Gasteiger partial charge in [-0.2, -0.15) is 5.10 Å². The van der Waals surface area contributed by atoms with Crippen LogP contribution in [0, 0.1) is 0 Å². The average molecular weight is 430 g/mol. The average Bonchev–Trinajstić information content (AvgIpc) is 3.20. The van der Waals surface area contributed by atoms with Crippen LogP contribution in [0.15, 0.2) is 53.6 Å². The predicted molar refractivity (Wildman–Crippen MR) is 115 cm³/mol. The molecule has 0 aliphatic carbocycles. The van der Waals surface area contributed by atoms with Crippen LogP contribution in [-0.4, -0.2) is 61.9 Å². The third-order valence-corrected chi connectivity index (χ3v) is 5.14. The van der Waals surface area contributed by atoms with Crippen LogP contribution in [0.5, 0.6) is 5.75 Å². The molecule has 2 aromatic carbocycles. The molecule has 7 nitrogen and oxygen atoms in total. The van der Waals surface area contributed by atoms with Gasteiger partial charge in [0.15, 0.2) is 0 Å². The number of ether oxygens (including phenoxy) is 2. The number of likely N-dealkylation sites (N-methyl/N-ethyl adjacent to an activating group) is 1. The Balaban J connectivity index is 1.89. The number of carbonyl (C=O) groups excluding carboxylic acids is 2. The van der Waals surface area contributed by atoms with Crippen LogP contribution in [0.25, 0.3) is 0 Å². The first-order valence-electron chi connectivity index (χ1n) is 9.45. The molecule has 0 saturated heterocycles. The summed E-state index contributed by atoms with van der Waals surface area (Å²) in [5.74, 6) is 0.165. The van der Waals surface area contributed by atoms with Gasteiger partial charge in [0, 0.05) is 31.2 Å². The summed E-state index contributed by atoms with van der Waals surface area (Å²) in [6, 6.07) is 14.6. The Kier molecular flexibility index (Phi) is 7.07. The fraction of sp³-hybridized carbons (Fsp3) is 0.318. The number of nitrogens with zero attached hydrogens (tertiary/aromatic N) is 3. The minimum absolute atomic E-state index is 0.0806. The summed E-state index contributed by atoms with van der Waals surface area (Å²) >= 11 is 6.03. The second-order valence-corrected chi connectivity index (χ2v) is 7.41. The molecule has 0 fully saturated rings. The van der Waals surface area contributed by atoms with Crippen molar-refractivity contribution in [2.24, 2.45) is 5.10 Å². The van der Waals surface area contributed by atoms with E-state index in [2.05, 4.69) is 5.10 Å². The van der Waals surface area contributed by atoms with Crippen LogP contribution in [0.1, 0.15) is 23.6 Å². The Morgan fingerprint density at radius 1 is 1.20 bits per heavy atom. The van der Waals surface area contributed by atoms with Crippen LogP contribution in [0.3, 0.4) is 0 Å². The van der Waals surface area contributed by atoms with Gasteiger partial charge in [-0.3, -0.25) is 9.59 Å². The lowest BCUT2D eigenvalue weighted by Gasteiger charge is -2.24. The van der Waals surface area contributed by atoms with Gasteiger partial charge in [0.2, 0.25) is 5.91 Å². The minimum atomic E-state index is -0.290. The summed E-state index contributed by atoms with van der Waals surface area (Å²) in [5, 5.41) is 6.69. The molecule has 0 bridgehead atoms. The zero-order chi connectivity index (χ0) is 21.7. The van der Waals surface area contributed by atoms with E-state index in [-0.39, 0.29) is 31.0 Å². The number of hydrogen-bond acceptors (Lipinski definition) is 5. The second-order valence-electron chi connectivity index (χ2n) is 6.97. The maximum absolute atomic E-state index is 13.0. The molecule has 8 heteroatoms. The van der Waals surface area contributed by atoms with Gasteiger partial charge in [0.1, 0.15) is 18.9 Å². The number of rotatable bonds is 7. The zero-order valence-electron chi connectivity index (χ0n) is 17.2. The summed E-state index contributed by atoms with van der Waals surface area (Å²) in [6.45, 7) is -0.177. The van der Waals surface area contributed by atoms with Crippen molar-refractivity contribution in [1.29, 1.82) is 0 Å². The topological polar surface area (TPSA) is 71.4 Å². The molecule has 3 rings (SSSR count). The van der Waals surface area contributed by atoms with Gasteiger partial charge in [0.05, 0.1) is 18.9 Å². The van der Waals surface area contributed by atoms with Crippen molar-refractivity contribution in [3.05, 3.63) is 64.7 Å². The van der Waals surface area contributed by atoms with E-state index in [0.29, 0.717) is 17.2 Å². The maximum atomic E-state index is 13.0. The molecule has 0 unspecified atom stereocenters. The summed E-state index contributed by atoms with van der Waals surface area (Å²) in [7, 11) is 4.61. The maximum Gasteiger partial charge on any atom is 0.262 e. The molecule has 0 radical (unpaired) electrons. The largest absolute Gasteiger partial charge is 0.497 e. The van der Waals surface area contributed by atoms with Crippen molar-refractivity contribution in [2.45, 2.75) is 12.5 Å². The summed E-state index contributed by atoms with van der Waals surface area (Å²) < 4.78 is 10.2. The third kappa shape index (κ3) is 4.98. The van der Waals surface area contributed by atoms with Crippen molar-refractivity contribution in [2.75, 3.05) is 34.4 Å². The highest BCUT2D eigenvalue weighted by molar-refractivity contribution is 6.30. The van der Waals surface area contributed by atoms with Gasteiger partial charge in [-0.25, -0.2) is 5.01 Å². The van der Waals surface area contributed by atoms with Gasteiger partial charge in [-0.1, -0.05) is 35.9 Å². The van der Waals surface area contributed by atoms with Crippen molar-refractivity contribution < 1.29 is 19.1 Å². The Bertz CT molecular complexity index is 946. The summed E-state index contributed by atoms with van der Waals surface area (Å²) in [6.07, 6.45) is 0.538. The lowest BCUT2D eigenvalue weighted by atomic mass is 9.98. The number of hydrazone groups is 1. The number of halogens is 1. The first kappa shape index (κ1) is 21.8. The SMILES string of the molecule is COCC(=O)N(C)CC(=O)N1N=C(c2cccc(OC)c2)C[C@@H]1c1ccc(Cl)cc1. The molecule has 1 heterocycles. The molecular formula is C22H24ClN3O4. The lowest BCUT2D eigenvalue weighted by molar-refractivity contribution is -0.142. The highest BCUT2D eigenvalue weighted by atomic mass is 35.5. The third-order valence-electron chi connectivity index (χ3n) is 4.89. The molecule has 0 N–H and O–H groups in total. The molecular weight excluding hydrogens is 406 g/mol. The van der Waals surface area contributed by atoms with Crippen LogP contribution in [0.4, 0.5) is 0 Å². The van der Waals surface area contributed by atoms with E-state index < -0.39 is 0 Å². The van der Waals surface area contributed by atoms with E-state index in [4.69, 9.17) is 21.1 Å². The Labute approximate surface area is 180 Å². The van der Waals surface area contributed by atoms with Crippen molar-refractivity contribution >= 4 is 29.1 Å². The summed E-state index contributed by atoms with van der Waals surface area (Å²) in [5.41, 5.74) is 2.57. The standard InChI is InChI=1S/C22H24ClN3O4/c1-25(22(28)14-29-2)13-21(27)26-20(15-7-9-17(23)10-8-15)12-19(24-26)16-5-4-6-18(11-16)30-3/h4-11,20H,12-14H2,1-3H3/t20-/m1/s1. The molecule has 1 aliphatic rings. The molecule has 0 aromatic heterocycles. The van der Waals surface area contributed by atoms with Crippen LogP contribution < -0.4 is 4.74 Å². The zero-order valence-corrected chi connectivity index (χ0v) is 17.9. The molecule has 0 spiro atoms. The van der Waals surface area contributed by atoms with Gasteiger partial charge in [-0.05, 0) is 29.8 Å². The lowest BCUT2D eigenvalue weighted by Crippen LogP contribution is -2.40. The van der Waals surface area contributed by atoms with Crippen molar-refractivity contribution in [3.63, 3.8) is 0 Å². The number of methoxy groups -OCH3 is 2. The molecule has 2 aromatic rings. The molecule has 2 amide bonds. The van der Waals surface area contributed by atoms with E-state index in [0.717, 1.165) is 16.8 Å².